The number of hydrogen-bond acceptors (Lipinski definition) is 5. The molecule has 0 unspecified atom stereocenters. The Hall–Kier alpha value is -2.03. The normalized spacial score (nSPS) is 18.3. The molecular formula is C18H21N5OS2. The van der Waals surface area contributed by atoms with Crippen molar-refractivity contribution >= 4 is 45.6 Å². The Morgan fingerprint density at radius 2 is 2.19 bits per heavy atom. The third-order valence-electron chi connectivity index (χ3n) is 4.93. The van der Waals surface area contributed by atoms with Crippen molar-refractivity contribution in [3.63, 3.8) is 0 Å². The summed E-state index contributed by atoms with van der Waals surface area (Å²) >= 11 is 7.08. The van der Waals surface area contributed by atoms with Crippen LogP contribution in [-0.2, 0) is 18.5 Å². The average molecular weight is 388 g/mol. The van der Waals surface area contributed by atoms with E-state index in [-0.39, 0.29) is 11.8 Å². The van der Waals surface area contributed by atoms with E-state index in [1.165, 1.54) is 11.3 Å². The van der Waals surface area contributed by atoms with Crippen LogP contribution < -0.4 is 5.32 Å². The van der Waals surface area contributed by atoms with Crippen LogP contribution in [0.3, 0.4) is 0 Å². The van der Waals surface area contributed by atoms with E-state index >= 15 is 0 Å². The third-order valence-corrected chi connectivity index (χ3v) is 6.11. The number of likely N-dealkylation sites (tertiary alicyclic amines) is 1. The first kappa shape index (κ1) is 17.4. The number of benzene rings is 1. The molecule has 1 aliphatic rings. The number of aromatic nitrogens is 3. The zero-order valence-electron chi connectivity index (χ0n) is 14.6. The lowest BCUT2D eigenvalue weighted by Gasteiger charge is -2.32. The predicted octanol–water partition coefficient (Wildman–Crippen LogP) is 3.47. The zero-order valence-corrected chi connectivity index (χ0v) is 16.2. The maximum atomic E-state index is 12.5. The standard InChI is InChI=1S/C18H21N5OS2/c1-21-14-6-2-3-7-15(14)23(18(21)25)12-22-9-4-5-13(11-22)16(24)20-17-19-8-10-26-17/h2-3,6-8,10,13H,4-5,9,11-12H2,1H3,(H,19,20,24)/t13-/m0/s1. The van der Waals surface area contributed by atoms with E-state index in [2.05, 4.69) is 31.9 Å². The van der Waals surface area contributed by atoms with Crippen LogP contribution in [0.1, 0.15) is 12.8 Å². The topological polar surface area (TPSA) is 55.1 Å². The van der Waals surface area contributed by atoms with Crippen molar-refractivity contribution in [1.82, 2.24) is 19.0 Å². The van der Waals surface area contributed by atoms with Crippen LogP contribution in [0.15, 0.2) is 35.8 Å². The quantitative estimate of drug-likeness (QED) is 0.697. The molecule has 0 saturated carbocycles. The third kappa shape index (κ3) is 3.32. The lowest BCUT2D eigenvalue weighted by atomic mass is 9.97. The maximum Gasteiger partial charge on any atom is 0.230 e. The fourth-order valence-corrected chi connectivity index (χ4v) is 4.38. The van der Waals surface area contributed by atoms with Gasteiger partial charge in [0.2, 0.25) is 5.91 Å². The highest BCUT2D eigenvalue weighted by Crippen LogP contribution is 2.22. The number of aryl methyl sites for hydroxylation is 1. The van der Waals surface area contributed by atoms with Crippen molar-refractivity contribution in [3.05, 3.63) is 40.6 Å². The summed E-state index contributed by atoms with van der Waals surface area (Å²) < 4.78 is 5.01. The number of carbonyl (C=O) groups excluding carboxylic acids is 1. The largest absolute Gasteiger partial charge is 0.320 e. The van der Waals surface area contributed by atoms with Gasteiger partial charge in [0.1, 0.15) is 0 Å². The van der Waals surface area contributed by atoms with Gasteiger partial charge < -0.3 is 14.5 Å². The number of anilines is 1. The van der Waals surface area contributed by atoms with Gasteiger partial charge in [-0.2, -0.15) is 0 Å². The van der Waals surface area contributed by atoms with Crippen LogP contribution in [-0.4, -0.2) is 38.0 Å². The molecule has 1 saturated heterocycles. The Kier molecular flexibility index (Phi) is 4.88. The van der Waals surface area contributed by atoms with E-state index in [1.54, 1.807) is 6.20 Å². The second-order valence-electron chi connectivity index (χ2n) is 6.64. The second kappa shape index (κ2) is 7.30. The number of rotatable bonds is 4. The van der Waals surface area contributed by atoms with Crippen molar-refractivity contribution in [3.8, 4) is 0 Å². The Labute approximate surface area is 161 Å². The summed E-state index contributed by atoms with van der Waals surface area (Å²) in [7, 11) is 2.00. The molecule has 26 heavy (non-hydrogen) atoms. The highest BCUT2D eigenvalue weighted by Gasteiger charge is 2.26. The van der Waals surface area contributed by atoms with Crippen molar-refractivity contribution in [1.29, 1.82) is 0 Å². The molecule has 3 aromatic rings. The molecule has 1 fully saturated rings. The van der Waals surface area contributed by atoms with Gasteiger partial charge in [0.15, 0.2) is 9.90 Å². The molecule has 1 aliphatic heterocycles. The molecule has 4 rings (SSSR count). The highest BCUT2D eigenvalue weighted by molar-refractivity contribution is 7.71. The summed E-state index contributed by atoms with van der Waals surface area (Å²) in [5.74, 6) is 0.0444. The number of para-hydroxylation sites is 2. The van der Waals surface area contributed by atoms with Gasteiger partial charge in [0.25, 0.3) is 0 Å². The monoisotopic (exact) mass is 387 g/mol. The zero-order chi connectivity index (χ0) is 18.1. The molecule has 1 aromatic carbocycles. The second-order valence-corrected chi connectivity index (χ2v) is 7.90. The molecule has 2 aromatic heterocycles. The van der Waals surface area contributed by atoms with E-state index in [1.807, 2.05) is 29.1 Å². The van der Waals surface area contributed by atoms with Crippen LogP contribution >= 0.6 is 23.6 Å². The molecule has 0 bridgehead atoms. The lowest BCUT2D eigenvalue weighted by Crippen LogP contribution is -2.41. The Morgan fingerprint density at radius 3 is 2.96 bits per heavy atom. The van der Waals surface area contributed by atoms with E-state index in [0.29, 0.717) is 11.8 Å². The highest BCUT2D eigenvalue weighted by atomic mass is 32.1. The molecule has 3 heterocycles. The summed E-state index contributed by atoms with van der Waals surface area (Å²) in [6, 6.07) is 8.25. The molecular weight excluding hydrogens is 366 g/mol. The fourth-order valence-electron chi connectivity index (χ4n) is 3.59. The molecule has 6 nitrogen and oxygen atoms in total. The molecule has 1 N–H and O–H groups in total. The van der Waals surface area contributed by atoms with Crippen LogP contribution in [0.25, 0.3) is 11.0 Å². The van der Waals surface area contributed by atoms with Crippen LogP contribution in [0.5, 0.6) is 0 Å². The number of thiazole rings is 1. The van der Waals surface area contributed by atoms with E-state index < -0.39 is 0 Å². The van der Waals surface area contributed by atoms with E-state index in [0.717, 1.165) is 41.7 Å². The molecule has 136 valence electrons. The lowest BCUT2D eigenvalue weighted by molar-refractivity contribution is -0.121. The first-order valence-electron chi connectivity index (χ1n) is 8.70. The van der Waals surface area contributed by atoms with E-state index in [9.17, 15) is 4.79 Å². The smallest absolute Gasteiger partial charge is 0.230 e. The van der Waals surface area contributed by atoms with Gasteiger partial charge in [0.05, 0.1) is 23.6 Å². The number of piperidine rings is 1. The first-order chi connectivity index (χ1) is 12.6. The molecule has 0 radical (unpaired) electrons. The van der Waals surface area contributed by atoms with Gasteiger partial charge in [-0.15, -0.1) is 11.3 Å². The van der Waals surface area contributed by atoms with Crippen LogP contribution in [0.4, 0.5) is 5.13 Å². The van der Waals surface area contributed by atoms with Gasteiger partial charge in [-0.25, -0.2) is 4.98 Å². The van der Waals surface area contributed by atoms with Crippen molar-refractivity contribution in [2.75, 3.05) is 18.4 Å². The number of fused-ring (bicyclic) bond motifs is 1. The average Bonchev–Trinajstić information content (AvgIpc) is 3.25. The van der Waals surface area contributed by atoms with Crippen LogP contribution in [0, 0.1) is 10.7 Å². The Morgan fingerprint density at radius 1 is 1.38 bits per heavy atom. The summed E-state index contributed by atoms with van der Waals surface area (Å²) in [5.41, 5.74) is 2.27. The van der Waals surface area contributed by atoms with Crippen molar-refractivity contribution in [2.24, 2.45) is 13.0 Å². The number of hydrogen-bond donors (Lipinski definition) is 1. The number of nitrogens with zero attached hydrogens (tertiary/aromatic N) is 4. The summed E-state index contributed by atoms with van der Waals surface area (Å²) in [6.07, 6.45) is 3.62. The Balaban J connectivity index is 1.50. The van der Waals surface area contributed by atoms with E-state index in [4.69, 9.17) is 12.2 Å². The van der Waals surface area contributed by atoms with Gasteiger partial charge in [-0.1, -0.05) is 12.1 Å². The number of amides is 1. The molecule has 0 aliphatic carbocycles. The maximum absolute atomic E-state index is 12.5. The minimum Gasteiger partial charge on any atom is -0.320 e. The van der Waals surface area contributed by atoms with Gasteiger partial charge in [-0.3, -0.25) is 9.69 Å². The Bertz CT molecular complexity index is 975. The SMILES string of the molecule is Cn1c(=S)n(CN2CCC[C@H](C(=O)Nc3nccs3)C2)c2ccccc21. The van der Waals surface area contributed by atoms with Crippen molar-refractivity contribution < 1.29 is 4.79 Å². The summed E-state index contributed by atoms with van der Waals surface area (Å²) in [6.45, 7) is 2.43. The van der Waals surface area contributed by atoms with Gasteiger partial charge in [-0.05, 0) is 43.7 Å². The van der Waals surface area contributed by atoms with Gasteiger partial charge in [0, 0.05) is 25.2 Å². The van der Waals surface area contributed by atoms with Gasteiger partial charge >= 0.3 is 0 Å². The molecule has 1 atom stereocenters. The number of imidazole rings is 1. The van der Waals surface area contributed by atoms with Crippen molar-refractivity contribution in [2.45, 2.75) is 19.5 Å². The number of nitrogens with one attached hydrogen (secondary N) is 1. The minimum absolute atomic E-state index is 0.0169. The fraction of sp³-hybridized carbons (Fsp3) is 0.389. The molecule has 1 amide bonds. The summed E-state index contributed by atoms with van der Waals surface area (Å²) in [5, 5.41) is 5.47. The molecule has 8 heteroatoms. The predicted molar refractivity (Wildman–Crippen MR) is 107 cm³/mol. The molecule has 0 spiro atoms. The first-order valence-corrected chi connectivity index (χ1v) is 9.99. The van der Waals surface area contributed by atoms with Crippen LogP contribution in [0.2, 0.25) is 0 Å². The number of carbonyl (C=O) groups is 1. The summed E-state index contributed by atoms with van der Waals surface area (Å²) in [4.78, 5) is 19.0. The minimum atomic E-state index is -0.0169.